The van der Waals surface area contributed by atoms with Crippen molar-refractivity contribution in [3.05, 3.63) is 74.7 Å². The third-order valence-electron chi connectivity index (χ3n) is 3.11. The van der Waals surface area contributed by atoms with E-state index >= 15 is 0 Å². The Bertz CT molecular complexity index is 960. The summed E-state index contributed by atoms with van der Waals surface area (Å²) in [5.74, 6) is 0.116. The molecule has 0 saturated carbocycles. The molecule has 24 heavy (non-hydrogen) atoms. The Labute approximate surface area is 141 Å². The van der Waals surface area contributed by atoms with Crippen molar-refractivity contribution in [1.29, 1.82) is 0 Å². The van der Waals surface area contributed by atoms with Gasteiger partial charge in [-0.25, -0.2) is 9.36 Å². The maximum Gasteiger partial charge on any atom is 0.390 e. The molecule has 0 atom stereocenters. The quantitative estimate of drug-likeness (QED) is 0.325. The Hall–Kier alpha value is -3.13. The van der Waals surface area contributed by atoms with Gasteiger partial charge in [0.1, 0.15) is 4.88 Å². The highest BCUT2D eigenvalue weighted by Crippen LogP contribution is 2.07. The van der Waals surface area contributed by atoms with Crippen molar-refractivity contribution >= 4 is 23.4 Å². The highest BCUT2D eigenvalue weighted by atomic mass is 32.1. The zero-order valence-electron chi connectivity index (χ0n) is 12.7. The van der Waals surface area contributed by atoms with Gasteiger partial charge >= 0.3 is 10.7 Å². The molecular weight excluding hydrogens is 326 g/mol. The molecular formula is C16H13N5O2S. The average Bonchev–Trinajstić information content (AvgIpc) is 2.96. The molecule has 3 aromatic heterocycles. The lowest BCUT2D eigenvalue weighted by Gasteiger charge is -2.06. The average molecular weight is 339 g/mol. The fraction of sp³-hybridized carbons (Fsp3) is 0.0625. The zero-order valence-corrected chi connectivity index (χ0v) is 13.5. The third kappa shape index (κ3) is 3.61. The number of aromatic nitrogens is 3. The first-order valence-corrected chi connectivity index (χ1v) is 7.85. The molecule has 3 aromatic rings. The Morgan fingerprint density at radius 3 is 2.92 bits per heavy atom. The topological polar surface area (TPSA) is 97.4 Å². The predicted molar refractivity (Wildman–Crippen MR) is 89.6 cm³/mol. The first-order chi connectivity index (χ1) is 11.6. The van der Waals surface area contributed by atoms with Crippen LogP contribution in [-0.4, -0.2) is 22.1 Å². The molecule has 0 aliphatic rings. The van der Waals surface area contributed by atoms with Crippen molar-refractivity contribution < 1.29 is 9.67 Å². The molecule has 3 heterocycles. The van der Waals surface area contributed by atoms with Crippen molar-refractivity contribution in [2.24, 2.45) is 10.2 Å². The number of pyridine rings is 2. The van der Waals surface area contributed by atoms with Gasteiger partial charge in [-0.2, -0.15) is 15.2 Å². The zero-order chi connectivity index (χ0) is 16.9. The highest BCUT2D eigenvalue weighted by molar-refractivity contribution is 7.11. The Morgan fingerprint density at radius 1 is 1.38 bits per heavy atom. The number of aryl methyl sites for hydroxylation is 1. The lowest BCUT2D eigenvalue weighted by molar-refractivity contribution is -0.599. The fourth-order valence-electron chi connectivity index (χ4n) is 2.03. The van der Waals surface area contributed by atoms with E-state index in [1.54, 1.807) is 16.7 Å². The second-order valence-corrected chi connectivity index (χ2v) is 5.92. The minimum atomic E-state index is -0.471. The van der Waals surface area contributed by atoms with Crippen LogP contribution in [0.2, 0.25) is 0 Å². The van der Waals surface area contributed by atoms with E-state index < -0.39 is 5.90 Å². The van der Waals surface area contributed by atoms with Gasteiger partial charge in [-0.15, -0.1) is 0 Å². The van der Waals surface area contributed by atoms with E-state index in [1.807, 2.05) is 31.5 Å². The minimum absolute atomic E-state index is 0.207. The Morgan fingerprint density at radius 2 is 2.17 bits per heavy atom. The van der Waals surface area contributed by atoms with Crippen molar-refractivity contribution in [3.63, 3.8) is 0 Å². The van der Waals surface area contributed by atoms with Crippen LogP contribution in [0, 0.1) is 6.92 Å². The molecule has 1 N–H and O–H groups in total. The smallest absolute Gasteiger partial charge is 0.390 e. The number of rotatable bonds is 4. The summed E-state index contributed by atoms with van der Waals surface area (Å²) >= 11 is 1.000. The molecule has 0 spiro atoms. The van der Waals surface area contributed by atoms with Crippen molar-refractivity contribution in [2.75, 3.05) is 0 Å². The van der Waals surface area contributed by atoms with E-state index in [4.69, 9.17) is 0 Å². The van der Waals surface area contributed by atoms with E-state index in [2.05, 4.69) is 20.2 Å². The standard InChI is InChI=1S/C16H13N5O2S/c1-11-3-2-8-21(10-11)14-13(24-16(23)19-14)9-18-20-15(22)12-4-6-17-7-5-12/h2-10H,1H3,(H-,17,18,19,20,22,23). The minimum Gasteiger partial charge on any atom is -0.857 e. The van der Waals surface area contributed by atoms with Gasteiger partial charge in [-0.05, 0) is 47.6 Å². The van der Waals surface area contributed by atoms with E-state index in [9.17, 15) is 9.90 Å². The molecule has 0 amide bonds. The molecule has 0 bridgehead atoms. The number of nitrogens with zero attached hydrogens (tertiary/aromatic N) is 4. The monoisotopic (exact) mass is 339 g/mol. The molecule has 3 rings (SSSR count). The largest absolute Gasteiger partial charge is 0.857 e. The number of nitrogens with one attached hydrogen (secondary N) is 1. The van der Waals surface area contributed by atoms with Gasteiger partial charge < -0.3 is 5.11 Å². The van der Waals surface area contributed by atoms with Crippen LogP contribution in [0.5, 0.6) is 0 Å². The molecule has 0 fully saturated rings. The second kappa shape index (κ2) is 6.97. The number of hydrogen-bond acceptors (Lipinski definition) is 6. The van der Waals surface area contributed by atoms with Crippen LogP contribution in [0.1, 0.15) is 16.0 Å². The summed E-state index contributed by atoms with van der Waals surface area (Å²) in [7, 11) is 0. The molecule has 0 unspecified atom stereocenters. The van der Waals surface area contributed by atoms with Crippen molar-refractivity contribution in [2.45, 2.75) is 6.92 Å². The summed E-state index contributed by atoms with van der Waals surface area (Å²) in [6.45, 7) is 1.96. The Kier molecular flexibility index (Phi) is 4.57. The van der Waals surface area contributed by atoms with E-state index in [0.29, 0.717) is 16.3 Å². The van der Waals surface area contributed by atoms with Crippen LogP contribution in [0.4, 0.5) is 0 Å². The number of thiazole rings is 1. The lowest BCUT2D eigenvalue weighted by atomic mass is 10.3. The third-order valence-corrected chi connectivity index (χ3v) is 3.92. The second-order valence-electron chi connectivity index (χ2n) is 4.90. The molecule has 0 aliphatic carbocycles. The molecule has 0 saturated heterocycles. The molecule has 0 radical (unpaired) electrons. The van der Waals surface area contributed by atoms with Crippen LogP contribution in [-0.2, 0) is 0 Å². The van der Waals surface area contributed by atoms with Gasteiger partial charge in [-0.3, -0.25) is 4.98 Å². The van der Waals surface area contributed by atoms with Gasteiger partial charge in [0.15, 0.2) is 0 Å². The Balaban J connectivity index is 1.90. The van der Waals surface area contributed by atoms with Gasteiger partial charge in [0, 0.05) is 18.3 Å². The summed E-state index contributed by atoms with van der Waals surface area (Å²) in [6.07, 6.45) is 8.12. The summed E-state index contributed by atoms with van der Waals surface area (Å²) in [4.78, 5) is 18.6. The van der Waals surface area contributed by atoms with Gasteiger partial charge in [0.25, 0.3) is 0 Å². The van der Waals surface area contributed by atoms with Gasteiger partial charge in [0.2, 0.25) is 0 Å². The SMILES string of the molecule is Cc1ccc[n+](-c2[nH]c(=O)sc2/C=N\N=C(/[O-])c2ccncc2)c1. The van der Waals surface area contributed by atoms with Gasteiger partial charge in [0.05, 0.1) is 18.6 Å². The highest BCUT2D eigenvalue weighted by Gasteiger charge is 2.15. The molecule has 7 nitrogen and oxygen atoms in total. The van der Waals surface area contributed by atoms with Crippen LogP contribution in [0.3, 0.4) is 0 Å². The van der Waals surface area contributed by atoms with Crippen LogP contribution < -0.4 is 14.5 Å². The summed E-state index contributed by atoms with van der Waals surface area (Å²) in [5, 5.41) is 19.3. The summed E-state index contributed by atoms with van der Waals surface area (Å²) in [6, 6.07) is 6.95. The molecule has 0 aromatic carbocycles. The molecule has 0 aliphatic heterocycles. The first kappa shape index (κ1) is 15.8. The van der Waals surface area contributed by atoms with Crippen molar-refractivity contribution in [1.82, 2.24) is 9.97 Å². The fourth-order valence-corrected chi connectivity index (χ4v) is 2.73. The lowest BCUT2D eigenvalue weighted by Crippen LogP contribution is -2.32. The number of aromatic amines is 1. The summed E-state index contributed by atoms with van der Waals surface area (Å²) in [5.41, 5.74) is 1.45. The van der Waals surface area contributed by atoms with Crippen LogP contribution in [0.25, 0.3) is 5.82 Å². The summed E-state index contributed by atoms with van der Waals surface area (Å²) < 4.78 is 1.79. The van der Waals surface area contributed by atoms with E-state index in [-0.39, 0.29) is 4.87 Å². The first-order valence-electron chi connectivity index (χ1n) is 7.03. The van der Waals surface area contributed by atoms with Crippen LogP contribution >= 0.6 is 11.3 Å². The van der Waals surface area contributed by atoms with E-state index in [0.717, 1.165) is 16.9 Å². The molecule has 8 heteroatoms. The molecule has 120 valence electrons. The van der Waals surface area contributed by atoms with Crippen LogP contribution in [0.15, 0.2) is 64.1 Å². The maximum absolute atomic E-state index is 11.9. The maximum atomic E-state index is 11.9. The number of hydrogen-bond donors (Lipinski definition) is 1. The number of H-pyrrole nitrogens is 1. The normalized spacial score (nSPS) is 12.0. The van der Waals surface area contributed by atoms with Gasteiger partial charge in [-0.1, -0.05) is 6.07 Å². The van der Waals surface area contributed by atoms with Crippen molar-refractivity contribution in [3.8, 4) is 5.82 Å². The predicted octanol–water partition coefficient (Wildman–Crippen LogP) is 0.558. The van der Waals surface area contributed by atoms with E-state index in [1.165, 1.54) is 18.6 Å².